The molecule has 1 aliphatic heterocycles. The molecular formula is C21H24N4O3S. The molecule has 1 aromatic carbocycles. The number of aromatic nitrogens is 2. The molecule has 3 heterocycles. The zero-order valence-corrected chi connectivity index (χ0v) is 17.5. The second kappa shape index (κ2) is 8.24. The SMILES string of the molecule is Cc1c(C(=O)NCC(C)C)sc2ncnc(NCC3COc4ccccc4O3)c12. The van der Waals surface area contributed by atoms with Crippen LogP contribution < -0.4 is 20.1 Å². The third-order valence-electron chi connectivity index (χ3n) is 4.67. The fraction of sp³-hybridized carbons (Fsp3) is 0.381. The number of nitrogens with zero attached hydrogens (tertiary/aromatic N) is 2. The van der Waals surface area contributed by atoms with Gasteiger partial charge >= 0.3 is 0 Å². The molecule has 1 atom stereocenters. The first kappa shape index (κ1) is 19.4. The summed E-state index contributed by atoms with van der Waals surface area (Å²) >= 11 is 1.39. The topological polar surface area (TPSA) is 85.4 Å². The Labute approximate surface area is 173 Å². The van der Waals surface area contributed by atoms with Gasteiger partial charge in [-0.2, -0.15) is 0 Å². The molecule has 2 aromatic heterocycles. The average molecular weight is 413 g/mol. The van der Waals surface area contributed by atoms with Crippen molar-refractivity contribution in [3.8, 4) is 11.5 Å². The normalized spacial score (nSPS) is 15.5. The van der Waals surface area contributed by atoms with E-state index in [1.807, 2.05) is 31.2 Å². The van der Waals surface area contributed by atoms with Crippen molar-refractivity contribution < 1.29 is 14.3 Å². The highest BCUT2D eigenvalue weighted by Crippen LogP contribution is 2.34. The Kier molecular flexibility index (Phi) is 5.53. The van der Waals surface area contributed by atoms with Gasteiger partial charge in [0.15, 0.2) is 11.5 Å². The Bertz CT molecular complexity index is 1030. The van der Waals surface area contributed by atoms with Crippen LogP contribution in [0, 0.1) is 12.8 Å². The molecule has 29 heavy (non-hydrogen) atoms. The quantitative estimate of drug-likeness (QED) is 0.643. The van der Waals surface area contributed by atoms with Gasteiger partial charge in [-0.15, -0.1) is 11.3 Å². The number of fused-ring (bicyclic) bond motifs is 2. The van der Waals surface area contributed by atoms with Crippen LogP contribution in [0.3, 0.4) is 0 Å². The number of aryl methyl sites for hydroxylation is 1. The predicted octanol–water partition coefficient (Wildman–Crippen LogP) is 3.64. The maximum atomic E-state index is 12.6. The van der Waals surface area contributed by atoms with Crippen LogP contribution in [-0.4, -0.2) is 41.7 Å². The number of ether oxygens (including phenoxy) is 2. The summed E-state index contributed by atoms with van der Waals surface area (Å²) in [5, 5.41) is 7.21. The Morgan fingerprint density at radius 2 is 2.07 bits per heavy atom. The molecule has 0 fully saturated rings. The van der Waals surface area contributed by atoms with E-state index >= 15 is 0 Å². The van der Waals surface area contributed by atoms with Crippen molar-refractivity contribution in [3.63, 3.8) is 0 Å². The molecule has 1 aliphatic rings. The van der Waals surface area contributed by atoms with Gasteiger partial charge in [0.1, 0.15) is 29.7 Å². The maximum Gasteiger partial charge on any atom is 0.261 e. The van der Waals surface area contributed by atoms with Crippen LogP contribution in [0.15, 0.2) is 30.6 Å². The lowest BCUT2D eigenvalue weighted by atomic mass is 10.2. The highest BCUT2D eigenvalue weighted by Gasteiger charge is 2.23. The molecule has 7 nitrogen and oxygen atoms in total. The van der Waals surface area contributed by atoms with E-state index < -0.39 is 0 Å². The highest BCUT2D eigenvalue weighted by molar-refractivity contribution is 7.20. The number of carbonyl (C=O) groups excluding carboxylic acids is 1. The summed E-state index contributed by atoms with van der Waals surface area (Å²) in [6.45, 7) is 7.72. The lowest BCUT2D eigenvalue weighted by Gasteiger charge is -2.26. The molecule has 0 saturated heterocycles. The molecular weight excluding hydrogens is 388 g/mol. The van der Waals surface area contributed by atoms with Gasteiger partial charge < -0.3 is 20.1 Å². The van der Waals surface area contributed by atoms with Crippen LogP contribution in [0.5, 0.6) is 11.5 Å². The minimum absolute atomic E-state index is 0.0641. The molecule has 0 saturated carbocycles. The molecule has 0 spiro atoms. The number of nitrogens with one attached hydrogen (secondary N) is 2. The molecule has 0 bridgehead atoms. The van der Waals surface area contributed by atoms with E-state index in [1.165, 1.54) is 17.7 Å². The summed E-state index contributed by atoms with van der Waals surface area (Å²) in [5.41, 5.74) is 0.889. The van der Waals surface area contributed by atoms with Gasteiger partial charge in [0.05, 0.1) is 16.8 Å². The number of anilines is 1. The fourth-order valence-corrected chi connectivity index (χ4v) is 4.24. The Balaban J connectivity index is 1.50. The first-order valence-electron chi connectivity index (χ1n) is 9.67. The third kappa shape index (κ3) is 4.12. The van der Waals surface area contributed by atoms with Crippen LogP contribution in [-0.2, 0) is 0 Å². The number of carbonyl (C=O) groups is 1. The predicted molar refractivity (Wildman–Crippen MR) is 114 cm³/mol. The summed E-state index contributed by atoms with van der Waals surface area (Å²) in [7, 11) is 0. The first-order chi connectivity index (χ1) is 14.0. The summed E-state index contributed by atoms with van der Waals surface area (Å²) < 4.78 is 11.8. The largest absolute Gasteiger partial charge is 0.486 e. The van der Waals surface area contributed by atoms with Crippen molar-refractivity contribution in [3.05, 3.63) is 41.0 Å². The molecule has 152 valence electrons. The molecule has 4 rings (SSSR count). The van der Waals surface area contributed by atoms with E-state index in [9.17, 15) is 4.79 Å². The van der Waals surface area contributed by atoms with Crippen molar-refractivity contribution >= 4 is 33.3 Å². The van der Waals surface area contributed by atoms with Crippen molar-refractivity contribution in [2.24, 2.45) is 5.92 Å². The molecule has 1 amide bonds. The lowest BCUT2D eigenvalue weighted by Crippen LogP contribution is -2.35. The van der Waals surface area contributed by atoms with E-state index in [2.05, 4.69) is 34.4 Å². The number of thiophene rings is 1. The number of rotatable bonds is 6. The molecule has 3 aromatic rings. The smallest absolute Gasteiger partial charge is 0.261 e. The van der Waals surface area contributed by atoms with Gasteiger partial charge in [-0.3, -0.25) is 4.79 Å². The van der Waals surface area contributed by atoms with E-state index in [-0.39, 0.29) is 12.0 Å². The number of para-hydroxylation sites is 2. The van der Waals surface area contributed by atoms with E-state index in [4.69, 9.17) is 9.47 Å². The Morgan fingerprint density at radius 1 is 1.28 bits per heavy atom. The summed E-state index contributed by atoms with van der Waals surface area (Å²) in [6, 6.07) is 7.64. The fourth-order valence-electron chi connectivity index (χ4n) is 3.17. The van der Waals surface area contributed by atoms with Crippen LogP contribution in [0.25, 0.3) is 10.2 Å². The number of benzene rings is 1. The summed E-state index contributed by atoms with van der Waals surface area (Å²) in [6.07, 6.45) is 1.38. The minimum Gasteiger partial charge on any atom is -0.486 e. The zero-order valence-electron chi connectivity index (χ0n) is 16.7. The van der Waals surface area contributed by atoms with E-state index in [0.717, 1.165) is 27.3 Å². The minimum atomic E-state index is -0.136. The summed E-state index contributed by atoms with van der Waals surface area (Å²) in [4.78, 5) is 22.8. The lowest BCUT2D eigenvalue weighted by molar-refractivity contribution is 0.0952. The first-order valence-corrected chi connectivity index (χ1v) is 10.5. The van der Waals surface area contributed by atoms with Gasteiger partial charge in [0, 0.05) is 6.54 Å². The van der Waals surface area contributed by atoms with Gasteiger partial charge in [0.25, 0.3) is 5.91 Å². The van der Waals surface area contributed by atoms with Crippen LogP contribution in [0.4, 0.5) is 5.82 Å². The maximum absolute atomic E-state index is 12.6. The second-order valence-electron chi connectivity index (χ2n) is 7.44. The van der Waals surface area contributed by atoms with Gasteiger partial charge in [-0.05, 0) is 30.5 Å². The Morgan fingerprint density at radius 3 is 2.86 bits per heavy atom. The zero-order chi connectivity index (χ0) is 20.4. The van der Waals surface area contributed by atoms with Gasteiger partial charge in [-0.25, -0.2) is 9.97 Å². The standard InChI is InChI=1S/C21H24N4O3S/c1-12(2)8-23-20(26)18-13(3)17-19(24-11-25-21(17)29-18)22-9-14-10-27-15-6-4-5-7-16(15)28-14/h4-7,11-12,14H,8-10H2,1-3H3,(H,23,26)(H,22,24,25). The number of hydrogen-bond acceptors (Lipinski definition) is 7. The number of amides is 1. The van der Waals surface area contributed by atoms with Crippen LogP contribution in [0.1, 0.15) is 29.1 Å². The van der Waals surface area contributed by atoms with Gasteiger partial charge in [0.2, 0.25) is 0 Å². The molecule has 0 radical (unpaired) electrons. The highest BCUT2D eigenvalue weighted by atomic mass is 32.1. The third-order valence-corrected chi connectivity index (χ3v) is 5.87. The van der Waals surface area contributed by atoms with Crippen LogP contribution >= 0.6 is 11.3 Å². The molecule has 2 N–H and O–H groups in total. The molecule has 1 unspecified atom stereocenters. The van der Waals surface area contributed by atoms with E-state index in [1.54, 1.807) is 0 Å². The van der Waals surface area contributed by atoms with Crippen LogP contribution in [0.2, 0.25) is 0 Å². The van der Waals surface area contributed by atoms with E-state index in [0.29, 0.717) is 36.3 Å². The average Bonchev–Trinajstić information content (AvgIpc) is 3.07. The second-order valence-corrected chi connectivity index (χ2v) is 8.44. The molecule has 8 heteroatoms. The summed E-state index contributed by atoms with van der Waals surface area (Å²) in [5.74, 6) is 2.54. The monoisotopic (exact) mass is 412 g/mol. The number of hydrogen-bond donors (Lipinski definition) is 2. The van der Waals surface area contributed by atoms with Crippen molar-refractivity contribution in [2.75, 3.05) is 25.0 Å². The van der Waals surface area contributed by atoms with Crippen molar-refractivity contribution in [1.29, 1.82) is 0 Å². The van der Waals surface area contributed by atoms with Crippen molar-refractivity contribution in [1.82, 2.24) is 15.3 Å². The van der Waals surface area contributed by atoms with Crippen molar-refractivity contribution in [2.45, 2.75) is 26.9 Å². The molecule has 0 aliphatic carbocycles. The Hall–Kier alpha value is -2.87. The van der Waals surface area contributed by atoms with Gasteiger partial charge in [-0.1, -0.05) is 26.0 Å².